The van der Waals surface area contributed by atoms with Crippen molar-refractivity contribution >= 4 is 11.9 Å². The zero-order valence-electron chi connectivity index (χ0n) is 19.8. The Kier molecular flexibility index (Phi) is 9.95. The number of hydrogen-bond donors (Lipinski definition) is 0. The van der Waals surface area contributed by atoms with Gasteiger partial charge < -0.3 is 9.47 Å². The molecule has 0 aromatic carbocycles. The molecule has 3 saturated carbocycles. The van der Waals surface area contributed by atoms with Crippen LogP contribution in [0, 0.1) is 23.7 Å². The third kappa shape index (κ3) is 8.43. The number of hydrogen-bond acceptors (Lipinski definition) is 5. The van der Waals surface area contributed by atoms with Gasteiger partial charge >= 0.3 is 18.3 Å². The van der Waals surface area contributed by atoms with Crippen molar-refractivity contribution < 1.29 is 45.8 Å². The molecular formula is C25H35F5O5. The lowest BCUT2D eigenvalue weighted by Crippen LogP contribution is -2.46. The van der Waals surface area contributed by atoms with E-state index in [-0.39, 0.29) is 43.8 Å². The number of ether oxygens (including phenoxy) is 3. The van der Waals surface area contributed by atoms with Gasteiger partial charge in [-0.2, -0.15) is 0 Å². The van der Waals surface area contributed by atoms with Gasteiger partial charge in [0.2, 0.25) is 0 Å². The molecule has 3 rings (SSSR count). The van der Waals surface area contributed by atoms with Gasteiger partial charge in [-0.15, -0.1) is 13.2 Å². The predicted molar refractivity (Wildman–Crippen MR) is 117 cm³/mol. The van der Waals surface area contributed by atoms with Crippen LogP contribution >= 0.6 is 0 Å². The number of esters is 2. The molecule has 0 amide bonds. The van der Waals surface area contributed by atoms with Crippen molar-refractivity contribution in [3.05, 3.63) is 12.7 Å². The van der Waals surface area contributed by atoms with Crippen molar-refractivity contribution in [3.63, 3.8) is 0 Å². The zero-order valence-corrected chi connectivity index (χ0v) is 19.8. The number of alkyl halides is 5. The largest absolute Gasteiger partial charge is 0.522 e. The minimum absolute atomic E-state index is 0.00718. The van der Waals surface area contributed by atoms with Crippen molar-refractivity contribution in [2.45, 2.75) is 102 Å². The van der Waals surface area contributed by atoms with Crippen LogP contribution in [-0.2, 0) is 23.8 Å². The van der Waals surface area contributed by atoms with E-state index in [9.17, 15) is 31.5 Å². The summed E-state index contributed by atoms with van der Waals surface area (Å²) in [7, 11) is 0. The summed E-state index contributed by atoms with van der Waals surface area (Å²) < 4.78 is 79.9. The second-order valence-electron chi connectivity index (χ2n) is 10.1. The average Bonchev–Trinajstić information content (AvgIpc) is 2.81. The molecule has 0 aliphatic heterocycles. The van der Waals surface area contributed by atoms with Crippen molar-refractivity contribution in [3.8, 4) is 0 Å². The summed E-state index contributed by atoms with van der Waals surface area (Å²) in [6, 6.07) is 0. The molecule has 0 bridgehead atoms. The third-order valence-corrected chi connectivity index (χ3v) is 7.92. The van der Waals surface area contributed by atoms with Crippen LogP contribution in [0.25, 0.3) is 0 Å². The molecule has 0 spiro atoms. The summed E-state index contributed by atoms with van der Waals surface area (Å²) in [6.45, 7) is 3.25. The van der Waals surface area contributed by atoms with Crippen LogP contribution in [0.4, 0.5) is 22.0 Å². The summed E-state index contributed by atoms with van der Waals surface area (Å²) >= 11 is 0. The first kappa shape index (κ1) is 27.9. The SMILES string of the molecule is C=CC(=O)OCCC(=O)OC1CCC(C2CCC(C3CC(F)C(OC(F)(F)F)C(F)C3)CC2)CC1. The first-order chi connectivity index (χ1) is 16.6. The van der Waals surface area contributed by atoms with Gasteiger partial charge in [-0.25, -0.2) is 13.6 Å². The zero-order chi connectivity index (χ0) is 25.6. The maximum atomic E-state index is 14.3. The highest BCUT2D eigenvalue weighted by atomic mass is 19.4. The molecule has 2 atom stereocenters. The van der Waals surface area contributed by atoms with E-state index in [2.05, 4.69) is 11.3 Å². The molecule has 3 aliphatic carbocycles. The summed E-state index contributed by atoms with van der Waals surface area (Å²) in [5.41, 5.74) is 0. The molecule has 0 aromatic heterocycles. The Balaban J connectivity index is 1.35. The normalized spacial score (nSPS) is 36.3. The van der Waals surface area contributed by atoms with Gasteiger partial charge in [-0.05, 0) is 87.9 Å². The van der Waals surface area contributed by atoms with Crippen molar-refractivity contribution in [1.29, 1.82) is 0 Å². The van der Waals surface area contributed by atoms with Crippen molar-refractivity contribution in [2.75, 3.05) is 6.61 Å². The molecule has 2 unspecified atom stereocenters. The topological polar surface area (TPSA) is 61.8 Å². The van der Waals surface area contributed by atoms with E-state index in [1.165, 1.54) is 0 Å². The Labute approximate surface area is 202 Å². The van der Waals surface area contributed by atoms with Crippen LogP contribution in [0.5, 0.6) is 0 Å². The van der Waals surface area contributed by atoms with E-state index >= 15 is 0 Å². The number of carbonyl (C=O) groups excluding carboxylic acids is 2. The Morgan fingerprint density at radius 1 is 0.829 bits per heavy atom. The van der Waals surface area contributed by atoms with Crippen molar-refractivity contribution in [2.24, 2.45) is 23.7 Å². The lowest BCUT2D eigenvalue weighted by Gasteiger charge is -2.42. The van der Waals surface area contributed by atoms with Gasteiger partial charge in [-0.1, -0.05) is 6.58 Å². The predicted octanol–water partition coefficient (Wildman–Crippen LogP) is 6.01. The van der Waals surface area contributed by atoms with Gasteiger partial charge in [0, 0.05) is 6.08 Å². The van der Waals surface area contributed by atoms with Gasteiger partial charge in [0.25, 0.3) is 0 Å². The quantitative estimate of drug-likeness (QED) is 0.228. The van der Waals surface area contributed by atoms with Crippen LogP contribution < -0.4 is 0 Å². The van der Waals surface area contributed by atoms with E-state index in [0.29, 0.717) is 11.8 Å². The average molecular weight is 511 g/mol. The minimum atomic E-state index is -5.04. The first-order valence-corrected chi connectivity index (χ1v) is 12.6. The summed E-state index contributed by atoms with van der Waals surface area (Å²) in [5, 5.41) is 0. The Morgan fingerprint density at radius 3 is 1.80 bits per heavy atom. The maximum absolute atomic E-state index is 14.3. The fraction of sp³-hybridized carbons (Fsp3) is 0.840. The lowest BCUT2D eigenvalue weighted by atomic mass is 9.66. The monoisotopic (exact) mass is 510 g/mol. The fourth-order valence-electron chi connectivity index (χ4n) is 6.16. The lowest BCUT2D eigenvalue weighted by molar-refractivity contribution is -0.358. The van der Waals surface area contributed by atoms with E-state index in [0.717, 1.165) is 57.4 Å². The molecule has 3 fully saturated rings. The minimum Gasteiger partial charge on any atom is -0.462 e. The van der Waals surface area contributed by atoms with Gasteiger partial charge in [0.05, 0.1) is 6.42 Å². The molecule has 10 heteroatoms. The molecule has 200 valence electrons. The summed E-state index contributed by atoms with van der Waals surface area (Å²) in [6.07, 6.45) is -3.27. The van der Waals surface area contributed by atoms with Crippen LogP contribution in [0.2, 0.25) is 0 Å². The van der Waals surface area contributed by atoms with Crippen LogP contribution in [0.3, 0.4) is 0 Å². The van der Waals surface area contributed by atoms with Crippen molar-refractivity contribution in [1.82, 2.24) is 0 Å². The third-order valence-electron chi connectivity index (χ3n) is 7.92. The van der Waals surface area contributed by atoms with E-state index in [1.807, 2.05) is 0 Å². The summed E-state index contributed by atoms with van der Waals surface area (Å²) in [5.74, 6) is -0.0765. The standard InChI is InChI=1S/C25H35F5O5/c1-2-22(31)33-12-11-23(32)34-19-9-7-16(8-10-19)15-3-5-17(6-4-15)18-13-20(26)24(21(27)14-18)35-25(28,29)30/h2,15-21,24H,1,3-14H2. The Morgan fingerprint density at radius 2 is 1.31 bits per heavy atom. The molecule has 0 aromatic rings. The van der Waals surface area contributed by atoms with Gasteiger partial charge in [-0.3, -0.25) is 9.53 Å². The molecular weight excluding hydrogens is 475 g/mol. The Hall–Kier alpha value is -1.71. The number of halogens is 5. The molecule has 0 saturated heterocycles. The highest BCUT2D eigenvalue weighted by Gasteiger charge is 2.47. The van der Waals surface area contributed by atoms with Crippen LogP contribution in [0.1, 0.15) is 70.6 Å². The van der Waals surface area contributed by atoms with E-state index < -0.39 is 36.7 Å². The highest BCUT2D eigenvalue weighted by Crippen LogP contribution is 2.46. The Bertz CT molecular complexity index is 702. The second kappa shape index (κ2) is 12.5. The maximum Gasteiger partial charge on any atom is 0.522 e. The summed E-state index contributed by atoms with van der Waals surface area (Å²) in [4.78, 5) is 22.9. The fourth-order valence-corrected chi connectivity index (χ4v) is 6.16. The highest BCUT2D eigenvalue weighted by molar-refractivity contribution is 5.81. The van der Waals surface area contributed by atoms with Gasteiger partial charge in [0.1, 0.15) is 31.2 Å². The molecule has 5 nitrogen and oxygen atoms in total. The second-order valence-corrected chi connectivity index (χ2v) is 10.1. The van der Waals surface area contributed by atoms with E-state index in [4.69, 9.17) is 9.47 Å². The van der Waals surface area contributed by atoms with Crippen LogP contribution in [-0.4, -0.2) is 49.5 Å². The van der Waals surface area contributed by atoms with E-state index in [1.54, 1.807) is 0 Å². The smallest absolute Gasteiger partial charge is 0.462 e. The molecule has 0 radical (unpaired) electrons. The van der Waals surface area contributed by atoms with Gasteiger partial charge in [0.15, 0.2) is 0 Å². The first-order valence-electron chi connectivity index (χ1n) is 12.6. The number of carbonyl (C=O) groups is 2. The molecule has 0 N–H and O–H groups in total. The molecule has 0 heterocycles. The molecule has 3 aliphatic rings. The molecule has 35 heavy (non-hydrogen) atoms. The number of rotatable bonds is 8. The van der Waals surface area contributed by atoms with Crippen LogP contribution in [0.15, 0.2) is 12.7 Å².